The highest BCUT2D eigenvalue weighted by Crippen LogP contribution is 2.17. The number of benzene rings is 1. The molecule has 0 aliphatic carbocycles. The van der Waals surface area contributed by atoms with E-state index < -0.39 is 12.1 Å². The molecule has 0 saturated carbocycles. The van der Waals surface area contributed by atoms with Crippen molar-refractivity contribution in [1.29, 1.82) is 0 Å². The number of amides is 1. The first-order chi connectivity index (χ1) is 12.6. The highest BCUT2D eigenvalue weighted by atomic mass is 16.5. The van der Waals surface area contributed by atoms with Gasteiger partial charge in [-0.3, -0.25) is 14.3 Å². The standard InChI is InChI=1S/C20H25N3O4/c1-11(2)19(25)21-16-9-7-15(8-10-16)18(24)14(5)27-20(26)17-12(3)22-23(6)13(17)4/h7-11,14H,1-6H3,(H,21,25)/t14-/m0/s1. The molecule has 1 amide bonds. The van der Waals surface area contributed by atoms with Crippen LogP contribution in [0.4, 0.5) is 5.69 Å². The topological polar surface area (TPSA) is 90.3 Å². The van der Waals surface area contributed by atoms with Gasteiger partial charge in [-0.1, -0.05) is 13.8 Å². The van der Waals surface area contributed by atoms with E-state index in [0.29, 0.717) is 28.2 Å². The summed E-state index contributed by atoms with van der Waals surface area (Å²) in [6, 6.07) is 6.50. The second-order valence-electron chi connectivity index (χ2n) is 6.80. The smallest absolute Gasteiger partial charge is 0.342 e. The molecule has 27 heavy (non-hydrogen) atoms. The lowest BCUT2D eigenvalue weighted by Crippen LogP contribution is -2.25. The van der Waals surface area contributed by atoms with Crippen LogP contribution in [-0.2, 0) is 16.6 Å². The Morgan fingerprint density at radius 2 is 1.67 bits per heavy atom. The lowest BCUT2D eigenvalue weighted by Gasteiger charge is -2.13. The third-order valence-corrected chi connectivity index (χ3v) is 4.33. The molecule has 0 saturated heterocycles. The number of aryl methyl sites for hydroxylation is 2. The summed E-state index contributed by atoms with van der Waals surface area (Å²) in [5, 5.41) is 6.94. The Balaban J connectivity index is 2.06. The van der Waals surface area contributed by atoms with Gasteiger partial charge in [0.25, 0.3) is 0 Å². The van der Waals surface area contributed by atoms with Crippen LogP contribution in [0.2, 0.25) is 0 Å². The molecule has 7 nitrogen and oxygen atoms in total. The van der Waals surface area contributed by atoms with Crippen LogP contribution in [-0.4, -0.2) is 33.5 Å². The summed E-state index contributed by atoms with van der Waals surface area (Å²) < 4.78 is 6.94. The maximum atomic E-state index is 12.5. The Labute approximate surface area is 158 Å². The van der Waals surface area contributed by atoms with Gasteiger partial charge in [0.1, 0.15) is 5.56 Å². The summed E-state index contributed by atoms with van der Waals surface area (Å²) in [5.74, 6) is -1.12. The monoisotopic (exact) mass is 371 g/mol. The predicted octanol–water partition coefficient (Wildman–Crippen LogP) is 3.06. The number of esters is 1. The zero-order valence-corrected chi connectivity index (χ0v) is 16.5. The largest absolute Gasteiger partial charge is 0.451 e. The number of nitrogens with zero attached hydrogens (tertiary/aromatic N) is 2. The average molecular weight is 371 g/mol. The Bertz CT molecular complexity index is 866. The van der Waals surface area contributed by atoms with Gasteiger partial charge in [0.2, 0.25) is 11.7 Å². The molecule has 1 N–H and O–H groups in total. The Kier molecular flexibility index (Phi) is 6.15. The van der Waals surface area contributed by atoms with Crippen LogP contribution in [0.15, 0.2) is 24.3 Å². The minimum Gasteiger partial charge on any atom is -0.451 e. The van der Waals surface area contributed by atoms with Crippen LogP contribution >= 0.6 is 0 Å². The quantitative estimate of drug-likeness (QED) is 0.622. The van der Waals surface area contributed by atoms with E-state index in [4.69, 9.17) is 4.74 Å². The summed E-state index contributed by atoms with van der Waals surface area (Å²) >= 11 is 0. The number of ketones is 1. The maximum absolute atomic E-state index is 12.5. The number of carbonyl (C=O) groups is 3. The van der Waals surface area contributed by atoms with Crippen LogP contribution < -0.4 is 5.32 Å². The summed E-state index contributed by atoms with van der Waals surface area (Å²) in [4.78, 5) is 36.7. The number of carbonyl (C=O) groups excluding carboxylic acids is 3. The molecule has 0 spiro atoms. The number of nitrogens with one attached hydrogen (secondary N) is 1. The third-order valence-electron chi connectivity index (χ3n) is 4.33. The fourth-order valence-electron chi connectivity index (χ4n) is 2.58. The molecule has 0 bridgehead atoms. The number of ether oxygens (including phenoxy) is 1. The van der Waals surface area contributed by atoms with E-state index in [1.807, 2.05) is 0 Å². The number of anilines is 1. The van der Waals surface area contributed by atoms with Gasteiger partial charge in [0, 0.05) is 29.9 Å². The van der Waals surface area contributed by atoms with Crippen LogP contribution in [0.3, 0.4) is 0 Å². The molecule has 1 atom stereocenters. The lowest BCUT2D eigenvalue weighted by atomic mass is 10.1. The zero-order chi connectivity index (χ0) is 20.3. The van der Waals surface area contributed by atoms with Crippen LogP contribution in [0, 0.1) is 19.8 Å². The van der Waals surface area contributed by atoms with Crippen LogP contribution in [0.5, 0.6) is 0 Å². The Morgan fingerprint density at radius 1 is 1.07 bits per heavy atom. The first kappa shape index (κ1) is 20.4. The highest BCUT2D eigenvalue weighted by Gasteiger charge is 2.24. The third kappa shape index (κ3) is 4.61. The van der Waals surface area contributed by atoms with Gasteiger partial charge in [-0.15, -0.1) is 0 Å². The van der Waals surface area contributed by atoms with Crippen molar-refractivity contribution in [3.05, 3.63) is 46.8 Å². The molecule has 0 fully saturated rings. The number of Topliss-reactive ketones (excluding diaryl/α,β-unsaturated/α-hetero) is 1. The molecule has 2 aromatic rings. The van der Waals surface area contributed by atoms with Gasteiger partial charge in [-0.25, -0.2) is 4.79 Å². The van der Waals surface area contributed by atoms with Crippen molar-refractivity contribution in [1.82, 2.24) is 9.78 Å². The second kappa shape index (κ2) is 8.16. The van der Waals surface area contributed by atoms with E-state index in [-0.39, 0.29) is 17.6 Å². The molecule has 0 radical (unpaired) electrons. The summed E-state index contributed by atoms with van der Waals surface area (Å²) in [6.45, 7) is 8.63. The van der Waals surface area contributed by atoms with E-state index in [1.165, 1.54) is 6.92 Å². The lowest BCUT2D eigenvalue weighted by molar-refractivity contribution is -0.118. The van der Waals surface area contributed by atoms with E-state index in [0.717, 1.165) is 0 Å². The minimum absolute atomic E-state index is 0.0985. The highest BCUT2D eigenvalue weighted by molar-refractivity contribution is 6.02. The Morgan fingerprint density at radius 3 is 2.15 bits per heavy atom. The van der Waals surface area contributed by atoms with Gasteiger partial charge in [-0.2, -0.15) is 5.10 Å². The molecule has 0 aliphatic rings. The van der Waals surface area contributed by atoms with Crippen LogP contribution in [0.1, 0.15) is 52.9 Å². The van der Waals surface area contributed by atoms with Gasteiger partial charge in [0.15, 0.2) is 6.10 Å². The van der Waals surface area contributed by atoms with Gasteiger partial charge < -0.3 is 10.1 Å². The first-order valence-corrected chi connectivity index (χ1v) is 8.78. The number of aromatic nitrogens is 2. The Hall–Kier alpha value is -2.96. The molecule has 0 aliphatic heterocycles. The SMILES string of the molecule is Cc1nn(C)c(C)c1C(=O)O[C@@H](C)C(=O)c1ccc(NC(=O)C(C)C)cc1. The molecule has 1 heterocycles. The summed E-state index contributed by atoms with van der Waals surface area (Å²) in [7, 11) is 1.74. The van der Waals surface area contributed by atoms with Gasteiger partial charge >= 0.3 is 5.97 Å². The van der Waals surface area contributed by atoms with Crippen molar-refractivity contribution in [2.45, 2.75) is 40.7 Å². The predicted molar refractivity (Wildman–Crippen MR) is 102 cm³/mol. The zero-order valence-electron chi connectivity index (χ0n) is 16.5. The van der Waals surface area contributed by atoms with Crippen molar-refractivity contribution < 1.29 is 19.1 Å². The molecule has 1 aromatic carbocycles. The molecule has 0 unspecified atom stereocenters. The normalized spacial score (nSPS) is 12.0. The molecule has 1 aromatic heterocycles. The molecule has 7 heteroatoms. The van der Waals surface area contributed by atoms with Crippen LogP contribution in [0.25, 0.3) is 0 Å². The van der Waals surface area contributed by atoms with Gasteiger partial charge in [-0.05, 0) is 45.0 Å². The molecule has 144 valence electrons. The average Bonchev–Trinajstić information content (AvgIpc) is 2.86. The summed E-state index contributed by atoms with van der Waals surface area (Å²) in [5.41, 5.74) is 2.63. The van der Waals surface area contributed by atoms with Crippen molar-refractivity contribution in [3.8, 4) is 0 Å². The fraction of sp³-hybridized carbons (Fsp3) is 0.400. The van der Waals surface area contributed by atoms with E-state index >= 15 is 0 Å². The van der Waals surface area contributed by atoms with Crippen molar-refractivity contribution in [3.63, 3.8) is 0 Å². The summed E-state index contributed by atoms with van der Waals surface area (Å²) in [6.07, 6.45) is -0.937. The van der Waals surface area contributed by atoms with Crippen molar-refractivity contribution in [2.75, 3.05) is 5.32 Å². The second-order valence-corrected chi connectivity index (χ2v) is 6.80. The van der Waals surface area contributed by atoms with Crippen molar-refractivity contribution >= 4 is 23.3 Å². The fourth-order valence-corrected chi connectivity index (χ4v) is 2.58. The number of hydrogen-bond donors (Lipinski definition) is 1. The first-order valence-electron chi connectivity index (χ1n) is 8.78. The maximum Gasteiger partial charge on any atom is 0.342 e. The minimum atomic E-state index is -0.937. The number of rotatable bonds is 6. The van der Waals surface area contributed by atoms with E-state index in [2.05, 4.69) is 10.4 Å². The number of hydrogen-bond acceptors (Lipinski definition) is 5. The molecule has 2 rings (SSSR count). The van der Waals surface area contributed by atoms with Gasteiger partial charge in [0.05, 0.1) is 5.69 Å². The molecular formula is C20H25N3O4. The molecular weight excluding hydrogens is 346 g/mol. The van der Waals surface area contributed by atoms with E-state index in [1.54, 1.807) is 63.7 Å². The van der Waals surface area contributed by atoms with Crippen molar-refractivity contribution in [2.24, 2.45) is 13.0 Å². The van der Waals surface area contributed by atoms with E-state index in [9.17, 15) is 14.4 Å².